The lowest BCUT2D eigenvalue weighted by Gasteiger charge is -2.28. The summed E-state index contributed by atoms with van der Waals surface area (Å²) < 4.78 is 1.16. The first kappa shape index (κ1) is 17.7. The van der Waals surface area contributed by atoms with E-state index in [2.05, 4.69) is 71.4 Å². The van der Waals surface area contributed by atoms with Crippen molar-refractivity contribution in [2.45, 2.75) is 64.2 Å². The van der Waals surface area contributed by atoms with Gasteiger partial charge < -0.3 is 0 Å². The predicted molar refractivity (Wildman–Crippen MR) is 108 cm³/mol. The molecule has 0 unspecified atom stereocenters. The average molecular weight is 385 g/mol. The van der Waals surface area contributed by atoms with E-state index in [1.54, 1.807) is 5.56 Å². The topological polar surface area (TPSA) is 0 Å². The van der Waals surface area contributed by atoms with Gasteiger partial charge in [-0.05, 0) is 79.2 Å². The second-order valence-electron chi connectivity index (χ2n) is 7.37. The van der Waals surface area contributed by atoms with Crippen molar-refractivity contribution >= 4 is 15.9 Å². The summed E-state index contributed by atoms with van der Waals surface area (Å²) in [4.78, 5) is 0. The molecule has 1 heteroatoms. The molecule has 0 aromatic heterocycles. The number of rotatable bonds is 6. The lowest BCUT2D eigenvalue weighted by molar-refractivity contribution is 0.308. The van der Waals surface area contributed by atoms with Gasteiger partial charge in [0.05, 0.1) is 0 Å². The third kappa shape index (κ3) is 4.96. The van der Waals surface area contributed by atoms with Crippen LogP contribution >= 0.6 is 15.9 Å². The molecule has 0 saturated heterocycles. The van der Waals surface area contributed by atoms with E-state index in [0.29, 0.717) is 0 Å². The molecule has 2 aromatic carbocycles. The minimum Gasteiger partial charge on any atom is -0.0654 e. The summed E-state index contributed by atoms with van der Waals surface area (Å²) in [5.74, 6) is 1.80. The van der Waals surface area contributed by atoms with Crippen LogP contribution in [0.3, 0.4) is 0 Å². The van der Waals surface area contributed by atoms with E-state index >= 15 is 0 Å². The lowest BCUT2D eigenvalue weighted by atomic mass is 9.77. The molecule has 3 rings (SSSR count). The summed E-state index contributed by atoms with van der Waals surface area (Å²) in [6.07, 6.45) is 10.7. The fourth-order valence-electron chi connectivity index (χ4n) is 4.09. The van der Waals surface area contributed by atoms with Crippen molar-refractivity contribution in [3.05, 3.63) is 69.7 Å². The number of benzene rings is 2. The van der Waals surface area contributed by atoms with Crippen molar-refractivity contribution in [1.82, 2.24) is 0 Å². The van der Waals surface area contributed by atoms with Crippen LogP contribution in [-0.2, 0) is 12.8 Å². The number of halogens is 1. The Labute approximate surface area is 155 Å². The lowest BCUT2D eigenvalue weighted by Crippen LogP contribution is -2.13. The van der Waals surface area contributed by atoms with Crippen molar-refractivity contribution in [2.24, 2.45) is 5.92 Å². The Morgan fingerprint density at radius 3 is 1.88 bits per heavy atom. The molecule has 1 aliphatic carbocycles. The molecule has 1 aliphatic rings. The van der Waals surface area contributed by atoms with Crippen molar-refractivity contribution < 1.29 is 0 Å². The van der Waals surface area contributed by atoms with Crippen LogP contribution in [-0.4, -0.2) is 0 Å². The molecule has 1 saturated carbocycles. The van der Waals surface area contributed by atoms with E-state index in [-0.39, 0.29) is 0 Å². The number of hydrogen-bond acceptors (Lipinski definition) is 0. The minimum atomic E-state index is 0.804. The van der Waals surface area contributed by atoms with E-state index in [1.165, 1.54) is 49.7 Å². The Morgan fingerprint density at radius 1 is 0.792 bits per heavy atom. The zero-order chi connectivity index (χ0) is 16.8. The minimum absolute atomic E-state index is 0.804. The first-order chi connectivity index (χ1) is 11.7. The Hall–Kier alpha value is -1.08. The van der Waals surface area contributed by atoms with E-state index in [0.717, 1.165) is 29.2 Å². The molecule has 0 bridgehead atoms. The molecular formula is C23H29Br. The van der Waals surface area contributed by atoms with Crippen LogP contribution in [0.4, 0.5) is 0 Å². The average Bonchev–Trinajstić information content (AvgIpc) is 2.63. The molecule has 0 N–H and O–H groups in total. The molecule has 128 valence electrons. The monoisotopic (exact) mass is 384 g/mol. The Morgan fingerprint density at radius 2 is 1.33 bits per heavy atom. The van der Waals surface area contributed by atoms with E-state index in [4.69, 9.17) is 0 Å². The Balaban J connectivity index is 1.51. The van der Waals surface area contributed by atoms with Gasteiger partial charge in [-0.3, -0.25) is 0 Å². The van der Waals surface area contributed by atoms with Crippen LogP contribution in [0.1, 0.15) is 68.1 Å². The summed E-state index contributed by atoms with van der Waals surface area (Å²) >= 11 is 3.50. The van der Waals surface area contributed by atoms with Crippen LogP contribution in [0.2, 0.25) is 0 Å². The highest BCUT2D eigenvalue weighted by Gasteiger charge is 2.21. The van der Waals surface area contributed by atoms with E-state index < -0.39 is 0 Å². The molecule has 0 amide bonds. The second kappa shape index (κ2) is 8.85. The van der Waals surface area contributed by atoms with Crippen molar-refractivity contribution in [1.29, 1.82) is 0 Å². The fourth-order valence-corrected chi connectivity index (χ4v) is 4.35. The van der Waals surface area contributed by atoms with Crippen LogP contribution in [0.15, 0.2) is 53.0 Å². The highest BCUT2D eigenvalue weighted by Crippen LogP contribution is 2.37. The van der Waals surface area contributed by atoms with Gasteiger partial charge in [-0.1, -0.05) is 72.1 Å². The van der Waals surface area contributed by atoms with Crippen LogP contribution in [0.5, 0.6) is 0 Å². The van der Waals surface area contributed by atoms with Gasteiger partial charge in [0.25, 0.3) is 0 Å². The second-order valence-corrected chi connectivity index (χ2v) is 8.29. The molecule has 2 aromatic rings. The van der Waals surface area contributed by atoms with Gasteiger partial charge >= 0.3 is 0 Å². The van der Waals surface area contributed by atoms with Crippen LogP contribution < -0.4 is 0 Å². The number of hydrogen-bond donors (Lipinski definition) is 0. The summed E-state index contributed by atoms with van der Waals surface area (Å²) in [5.41, 5.74) is 4.44. The third-order valence-electron chi connectivity index (χ3n) is 5.61. The molecule has 0 radical (unpaired) electrons. The molecule has 0 spiro atoms. The summed E-state index contributed by atoms with van der Waals surface area (Å²) in [6, 6.07) is 18.2. The molecule has 0 nitrogen and oxygen atoms in total. The zero-order valence-corrected chi connectivity index (χ0v) is 16.4. The van der Waals surface area contributed by atoms with Gasteiger partial charge in [-0.25, -0.2) is 0 Å². The molecular weight excluding hydrogens is 356 g/mol. The largest absolute Gasteiger partial charge is 0.0654 e. The normalized spacial score (nSPS) is 20.9. The van der Waals surface area contributed by atoms with Crippen molar-refractivity contribution in [3.63, 3.8) is 0 Å². The maximum absolute atomic E-state index is 3.50. The van der Waals surface area contributed by atoms with Crippen LogP contribution in [0.25, 0.3) is 0 Å². The standard InChI is InChI=1S/C23H29Br/c1-2-3-18-6-12-21(13-7-18)22-14-8-19(9-15-22)4-5-20-10-16-23(24)17-11-20/h8-11,14-18,21H,2-7,12-13H2,1H3/t18-,21-. The maximum atomic E-state index is 3.50. The Bertz CT molecular complexity index is 603. The smallest absolute Gasteiger partial charge is 0.0175 e. The Kier molecular flexibility index (Phi) is 6.54. The van der Waals surface area contributed by atoms with Crippen molar-refractivity contribution in [3.8, 4) is 0 Å². The predicted octanol–water partition coefficient (Wildman–Crippen LogP) is 7.31. The summed E-state index contributed by atoms with van der Waals surface area (Å²) in [7, 11) is 0. The maximum Gasteiger partial charge on any atom is 0.0175 e. The van der Waals surface area contributed by atoms with Gasteiger partial charge in [0, 0.05) is 4.47 Å². The molecule has 0 heterocycles. The third-order valence-corrected chi connectivity index (χ3v) is 6.14. The first-order valence-electron chi connectivity index (χ1n) is 9.58. The molecule has 0 atom stereocenters. The molecule has 24 heavy (non-hydrogen) atoms. The van der Waals surface area contributed by atoms with Gasteiger partial charge in [0.1, 0.15) is 0 Å². The quantitative estimate of drug-likeness (QED) is 0.489. The highest BCUT2D eigenvalue weighted by molar-refractivity contribution is 9.10. The zero-order valence-electron chi connectivity index (χ0n) is 14.8. The SMILES string of the molecule is CCC[C@H]1CC[C@H](c2ccc(CCc3ccc(Br)cc3)cc2)CC1. The summed E-state index contributed by atoms with van der Waals surface area (Å²) in [6.45, 7) is 2.32. The van der Waals surface area contributed by atoms with E-state index in [1.807, 2.05) is 0 Å². The van der Waals surface area contributed by atoms with Crippen LogP contribution in [0, 0.1) is 5.92 Å². The first-order valence-corrected chi connectivity index (χ1v) is 10.4. The van der Waals surface area contributed by atoms with Gasteiger partial charge in [-0.2, -0.15) is 0 Å². The van der Waals surface area contributed by atoms with Gasteiger partial charge in [0.2, 0.25) is 0 Å². The number of aryl methyl sites for hydroxylation is 2. The van der Waals surface area contributed by atoms with Crippen molar-refractivity contribution in [2.75, 3.05) is 0 Å². The highest BCUT2D eigenvalue weighted by atomic mass is 79.9. The van der Waals surface area contributed by atoms with Gasteiger partial charge in [0.15, 0.2) is 0 Å². The summed E-state index contributed by atoms with van der Waals surface area (Å²) in [5, 5.41) is 0. The molecule has 0 aliphatic heterocycles. The molecule has 1 fully saturated rings. The fraction of sp³-hybridized carbons (Fsp3) is 0.478. The van der Waals surface area contributed by atoms with Gasteiger partial charge in [-0.15, -0.1) is 0 Å². The van der Waals surface area contributed by atoms with E-state index in [9.17, 15) is 0 Å².